The first kappa shape index (κ1) is 10.7. The van der Waals surface area contributed by atoms with Crippen molar-refractivity contribution in [2.45, 2.75) is 0 Å². The summed E-state index contributed by atoms with van der Waals surface area (Å²) in [5.74, 6) is 0. The number of primary amides is 1. The lowest BCUT2D eigenvalue weighted by Gasteiger charge is -1.91. The van der Waals surface area contributed by atoms with Crippen LogP contribution in [-0.2, 0) is 0 Å². The number of carbonyl (C=O) groups excluding carboxylic acids is 1. The van der Waals surface area contributed by atoms with E-state index in [1.165, 1.54) is 11.3 Å². The van der Waals surface area contributed by atoms with Gasteiger partial charge in [0.1, 0.15) is 0 Å². The largest absolute Gasteiger partial charge is 0.351 e. The molecular weight excluding hydrogens is 222 g/mol. The zero-order valence-corrected chi connectivity index (χ0v) is 8.69. The molecule has 0 aliphatic carbocycles. The summed E-state index contributed by atoms with van der Waals surface area (Å²) in [6.07, 6.45) is 0. The number of rotatable bonds is 1. The minimum atomic E-state index is -0.584. The van der Waals surface area contributed by atoms with Gasteiger partial charge in [-0.1, -0.05) is 23.5 Å². The van der Waals surface area contributed by atoms with Crippen molar-refractivity contribution >= 4 is 45.1 Å². The normalized spacial score (nSPS) is 9.43. The molecule has 6 heteroatoms. The standard InChI is InChI=1S/C8H7N3OS.ClH/c9-7(12)11-8-10-5-3-1-2-4-6(5)13-8;/h1-4H,(H3,9,10,11,12);1H. The number of anilines is 1. The van der Waals surface area contributed by atoms with Crippen LogP contribution in [0.15, 0.2) is 24.3 Å². The van der Waals surface area contributed by atoms with Gasteiger partial charge in [0.25, 0.3) is 0 Å². The summed E-state index contributed by atoms with van der Waals surface area (Å²) < 4.78 is 1.03. The van der Waals surface area contributed by atoms with Gasteiger partial charge in [-0.05, 0) is 12.1 Å². The van der Waals surface area contributed by atoms with E-state index in [1.54, 1.807) is 0 Å². The van der Waals surface area contributed by atoms with Gasteiger partial charge in [0, 0.05) is 0 Å². The number of hydrogen-bond donors (Lipinski definition) is 2. The predicted octanol–water partition coefficient (Wildman–Crippen LogP) is 2.21. The number of nitrogens with zero attached hydrogens (tertiary/aromatic N) is 1. The molecule has 1 aromatic heterocycles. The van der Waals surface area contributed by atoms with E-state index >= 15 is 0 Å². The average Bonchev–Trinajstić information content (AvgIpc) is 2.44. The van der Waals surface area contributed by atoms with Crippen LogP contribution in [0.1, 0.15) is 0 Å². The molecule has 3 N–H and O–H groups in total. The smallest absolute Gasteiger partial charge is 0.318 e. The van der Waals surface area contributed by atoms with Crippen molar-refractivity contribution in [2.24, 2.45) is 5.73 Å². The lowest BCUT2D eigenvalue weighted by Crippen LogP contribution is -2.18. The molecule has 14 heavy (non-hydrogen) atoms. The molecule has 0 fully saturated rings. The first-order valence-electron chi connectivity index (χ1n) is 3.68. The maximum atomic E-state index is 10.5. The van der Waals surface area contributed by atoms with Crippen LogP contribution >= 0.6 is 23.7 Å². The summed E-state index contributed by atoms with van der Waals surface area (Å²) in [5.41, 5.74) is 5.83. The molecule has 0 unspecified atom stereocenters. The van der Waals surface area contributed by atoms with Gasteiger partial charge in [-0.25, -0.2) is 9.78 Å². The molecule has 1 heterocycles. The molecule has 0 aliphatic heterocycles. The van der Waals surface area contributed by atoms with E-state index in [0.717, 1.165) is 10.2 Å². The fraction of sp³-hybridized carbons (Fsp3) is 0. The first-order valence-corrected chi connectivity index (χ1v) is 4.49. The van der Waals surface area contributed by atoms with Crippen molar-refractivity contribution in [1.82, 2.24) is 4.98 Å². The Morgan fingerprint density at radius 1 is 1.43 bits per heavy atom. The molecule has 74 valence electrons. The van der Waals surface area contributed by atoms with Crippen LogP contribution in [0.5, 0.6) is 0 Å². The molecule has 1 aromatic carbocycles. The van der Waals surface area contributed by atoms with Crippen LogP contribution < -0.4 is 11.1 Å². The molecule has 2 rings (SSSR count). The van der Waals surface area contributed by atoms with E-state index < -0.39 is 6.03 Å². The van der Waals surface area contributed by atoms with Crippen LogP contribution in [0.3, 0.4) is 0 Å². The van der Waals surface area contributed by atoms with E-state index in [-0.39, 0.29) is 12.4 Å². The monoisotopic (exact) mass is 229 g/mol. The second-order valence-electron chi connectivity index (χ2n) is 2.48. The van der Waals surface area contributed by atoms with Gasteiger partial charge in [-0.3, -0.25) is 5.32 Å². The van der Waals surface area contributed by atoms with Crippen LogP contribution in [0.4, 0.5) is 9.93 Å². The first-order chi connectivity index (χ1) is 6.25. The minimum absolute atomic E-state index is 0. The number of para-hydroxylation sites is 1. The molecule has 2 aromatic rings. The molecule has 2 amide bonds. The number of carbonyl (C=O) groups is 1. The lowest BCUT2D eigenvalue weighted by molar-refractivity contribution is 0.259. The molecule has 4 nitrogen and oxygen atoms in total. The number of nitrogens with one attached hydrogen (secondary N) is 1. The summed E-state index contributed by atoms with van der Waals surface area (Å²) in [5, 5.41) is 2.98. The van der Waals surface area contributed by atoms with E-state index in [2.05, 4.69) is 10.3 Å². The number of amides is 2. The highest BCUT2D eigenvalue weighted by Gasteiger charge is 2.03. The summed E-state index contributed by atoms with van der Waals surface area (Å²) in [6.45, 7) is 0. The molecule has 0 spiro atoms. The Kier molecular flexibility index (Phi) is 3.27. The SMILES string of the molecule is Cl.NC(=O)Nc1nc2ccccc2s1. The molecule has 0 aliphatic rings. The number of halogens is 1. The topological polar surface area (TPSA) is 68.0 Å². The van der Waals surface area contributed by atoms with Crippen molar-refractivity contribution < 1.29 is 4.79 Å². The van der Waals surface area contributed by atoms with E-state index in [4.69, 9.17) is 5.73 Å². The zero-order valence-electron chi connectivity index (χ0n) is 7.06. The van der Waals surface area contributed by atoms with Crippen molar-refractivity contribution in [3.8, 4) is 0 Å². The summed E-state index contributed by atoms with van der Waals surface area (Å²) in [6, 6.07) is 7.07. The van der Waals surface area contributed by atoms with Crippen molar-refractivity contribution in [1.29, 1.82) is 0 Å². The van der Waals surface area contributed by atoms with Gasteiger partial charge in [-0.2, -0.15) is 0 Å². The molecule has 0 atom stereocenters. The lowest BCUT2D eigenvalue weighted by atomic mass is 10.3. The van der Waals surface area contributed by atoms with Gasteiger partial charge in [0.15, 0.2) is 5.13 Å². The number of benzene rings is 1. The van der Waals surface area contributed by atoms with E-state index in [0.29, 0.717) is 5.13 Å². The van der Waals surface area contributed by atoms with Crippen molar-refractivity contribution in [2.75, 3.05) is 5.32 Å². The fourth-order valence-electron chi connectivity index (χ4n) is 1.03. The Bertz CT molecular complexity index is 424. The van der Waals surface area contributed by atoms with Gasteiger partial charge < -0.3 is 5.73 Å². The fourth-order valence-corrected chi connectivity index (χ4v) is 1.90. The Morgan fingerprint density at radius 2 is 2.14 bits per heavy atom. The summed E-state index contributed by atoms with van der Waals surface area (Å²) in [7, 11) is 0. The molecule has 0 bridgehead atoms. The highest BCUT2D eigenvalue weighted by Crippen LogP contribution is 2.24. The van der Waals surface area contributed by atoms with Crippen LogP contribution in [0.25, 0.3) is 10.2 Å². The highest BCUT2D eigenvalue weighted by molar-refractivity contribution is 7.22. The van der Waals surface area contributed by atoms with Gasteiger partial charge >= 0.3 is 6.03 Å². The Hall–Kier alpha value is -1.33. The highest BCUT2D eigenvalue weighted by atomic mass is 35.5. The third kappa shape index (κ3) is 2.12. The third-order valence-corrected chi connectivity index (χ3v) is 2.48. The van der Waals surface area contributed by atoms with Gasteiger partial charge in [0.05, 0.1) is 10.2 Å². The number of nitrogens with two attached hydrogens (primary N) is 1. The number of urea groups is 1. The maximum Gasteiger partial charge on any atom is 0.318 e. The summed E-state index contributed by atoms with van der Waals surface area (Å²) in [4.78, 5) is 14.7. The second kappa shape index (κ2) is 4.26. The Morgan fingerprint density at radius 3 is 2.79 bits per heavy atom. The maximum absolute atomic E-state index is 10.5. The quantitative estimate of drug-likeness (QED) is 0.787. The molecule has 0 radical (unpaired) electrons. The zero-order chi connectivity index (χ0) is 9.26. The number of fused-ring (bicyclic) bond motifs is 1. The number of thiazole rings is 1. The minimum Gasteiger partial charge on any atom is -0.351 e. The third-order valence-electron chi connectivity index (χ3n) is 1.52. The molecule has 0 saturated carbocycles. The second-order valence-corrected chi connectivity index (χ2v) is 3.51. The van der Waals surface area contributed by atoms with Crippen LogP contribution in [0, 0.1) is 0 Å². The average molecular weight is 230 g/mol. The van der Waals surface area contributed by atoms with Crippen molar-refractivity contribution in [3.05, 3.63) is 24.3 Å². The predicted molar refractivity (Wildman–Crippen MR) is 60.1 cm³/mol. The van der Waals surface area contributed by atoms with Crippen molar-refractivity contribution in [3.63, 3.8) is 0 Å². The number of aromatic nitrogens is 1. The van der Waals surface area contributed by atoms with Crippen LogP contribution in [0.2, 0.25) is 0 Å². The van der Waals surface area contributed by atoms with Crippen LogP contribution in [-0.4, -0.2) is 11.0 Å². The molecular formula is C8H8ClN3OS. The van der Waals surface area contributed by atoms with Gasteiger partial charge in [0.2, 0.25) is 0 Å². The Labute approximate surface area is 90.5 Å². The number of hydrogen-bond acceptors (Lipinski definition) is 3. The van der Waals surface area contributed by atoms with E-state index in [1.807, 2.05) is 24.3 Å². The molecule has 0 saturated heterocycles. The van der Waals surface area contributed by atoms with E-state index in [9.17, 15) is 4.79 Å². The van der Waals surface area contributed by atoms with Gasteiger partial charge in [-0.15, -0.1) is 12.4 Å². The summed E-state index contributed by atoms with van der Waals surface area (Å²) >= 11 is 1.40. The Balaban J connectivity index is 0.000000980.